The van der Waals surface area contributed by atoms with Crippen molar-refractivity contribution >= 4 is 17.7 Å². The van der Waals surface area contributed by atoms with E-state index in [4.69, 9.17) is 5.73 Å². The van der Waals surface area contributed by atoms with Crippen molar-refractivity contribution in [2.75, 3.05) is 10.6 Å². The van der Waals surface area contributed by atoms with E-state index in [0.29, 0.717) is 18.2 Å². The Morgan fingerprint density at radius 3 is 2.70 bits per heavy atom. The predicted molar refractivity (Wildman–Crippen MR) is 90.4 cm³/mol. The number of aliphatic hydroxyl groups is 1. The normalized spacial score (nSPS) is 22.3. The summed E-state index contributed by atoms with van der Waals surface area (Å²) in [6, 6.07) is 0.134. The van der Waals surface area contributed by atoms with Gasteiger partial charge in [-0.05, 0) is 40.0 Å². The molecule has 0 aliphatic heterocycles. The van der Waals surface area contributed by atoms with Crippen LogP contribution in [0.15, 0.2) is 6.20 Å². The van der Waals surface area contributed by atoms with Gasteiger partial charge in [0, 0.05) is 17.8 Å². The second-order valence-corrected chi connectivity index (χ2v) is 7.21. The molecule has 7 nitrogen and oxygen atoms in total. The second-order valence-electron chi connectivity index (χ2n) is 7.21. The molecule has 2 rings (SSSR count). The molecule has 1 aliphatic rings. The van der Waals surface area contributed by atoms with Gasteiger partial charge in [-0.25, -0.2) is 4.98 Å². The first kappa shape index (κ1) is 17.5. The summed E-state index contributed by atoms with van der Waals surface area (Å²) in [7, 11) is 0. The summed E-state index contributed by atoms with van der Waals surface area (Å²) in [5, 5.41) is 16.4. The van der Waals surface area contributed by atoms with Crippen molar-refractivity contribution in [3.63, 3.8) is 0 Å². The van der Waals surface area contributed by atoms with Gasteiger partial charge in [-0.2, -0.15) is 4.98 Å². The summed E-state index contributed by atoms with van der Waals surface area (Å²) in [5.74, 6) is 0.311. The van der Waals surface area contributed by atoms with Crippen LogP contribution in [0.2, 0.25) is 0 Å². The minimum Gasteiger partial charge on any atom is -0.393 e. The Kier molecular flexibility index (Phi) is 5.41. The van der Waals surface area contributed by atoms with Gasteiger partial charge in [0.05, 0.1) is 11.7 Å². The number of carbonyl (C=O) groups is 1. The molecular formula is C16H27N5O2. The Hall–Kier alpha value is -1.89. The van der Waals surface area contributed by atoms with Gasteiger partial charge in [0.1, 0.15) is 5.82 Å². The van der Waals surface area contributed by atoms with Crippen LogP contribution in [-0.2, 0) is 0 Å². The van der Waals surface area contributed by atoms with E-state index in [9.17, 15) is 9.90 Å². The lowest BCUT2D eigenvalue weighted by Crippen LogP contribution is -2.30. The summed E-state index contributed by atoms with van der Waals surface area (Å²) in [4.78, 5) is 20.2. The number of aromatic nitrogens is 2. The number of rotatable bonds is 4. The summed E-state index contributed by atoms with van der Waals surface area (Å²) in [6.07, 6.45) is 5.77. The first-order valence-electron chi connectivity index (χ1n) is 8.14. The maximum absolute atomic E-state index is 11.5. The molecule has 0 saturated heterocycles. The number of carbonyl (C=O) groups excluding carboxylic acids is 1. The topological polar surface area (TPSA) is 113 Å². The number of aliphatic hydroxyl groups excluding tert-OH is 1. The zero-order chi connectivity index (χ0) is 17.0. The molecule has 0 radical (unpaired) electrons. The van der Waals surface area contributed by atoms with Gasteiger partial charge >= 0.3 is 0 Å². The van der Waals surface area contributed by atoms with Crippen molar-refractivity contribution in [3.8, 4) is 0 Å². The van der Waals surface area contributed by atoms with E-state index in [1.165, 1.54) is 6.20 Å². The van der Waals surface area contributed by atoms with Crippen LogP contribution in [-0.4, -0.2) is 38.7 Å². The highest BCUT2D eigenvalue weighted by molar-refractivity contribution is 5.97. The van der Waals surface area contributed by atoms with Crippen molar-refractivity contribution in [2.24, 2.45) is 5.73 Å². The molecule has 0 aromatic carbocycles. The molecule has 0 unspecified atom stereocenters. The molecule has 5 N–H and O–H groups in total. The standard InChI is InChI=1S/C16H27N5O2/c1-16(2,3)21-14-12(13(17)23)9-18-15(20-14)19-10-6-4-5-7-11(22)8-10/h9-11,22H,4-8H2,1-3H3,(H2,17,23)(H2,18,19,20,21)/t10-,11+/m0/s1. The molecule has 1 amide bonds. The lowest BCUT2D eigenvalue weighted by atomic mass is 10.1. The zero-order valence-corrected chi connectivity index (χ0v) is 14.1. The lowest BCUT2D eigenvalue weighted by molar-refractivity contribution is 0.100. The van der Waals surface area contributed by atoms with Crippen LogP contribution in [0, 0.1) is 0 Å². The smallest absolute Gasteiger partial charge is 0.254 e. The predicted octanol–water partition coefficient (Wildman–Crippen LogP) is 1.89. The third-order valence-corrected chi connectivity index (χ3v) is 3.78. The Morgan fingerprint density at radius 1 is 1.35 bits per heavy atom. The second kappa shape index (κ2) is 7.12. The van der Waals surface area contributed by atoms with E-state index >= 15 is 0 Å². The van der Waals surface area contributed by atoms with Crippen molar-refractivity contribution in [1.29, 1.82) is 0 Å². The van der Waals surface area contributed by atoms with E-state index in [1.807, 2.05) is 20.8 Å². The van der Waals surface area contributed by atoms with Gasteiger partial charge in [0.2, 0.25) is 5.95 Å². The largest absolute Gasteiger partial charge is 0.393 e. The number of anilines is 2. The Balaban J connectivity index is 2.19. The van der Waals surface area contributed by atoms with Crippen LogP contribution in [0.5, 0.6) is 0 Å². The average molecular weight is 321 g/mol. The van der Waals surface area contributed by atoms with Crippen LogP contribution >= 0.6 is 0 Å². The van der Waals surface area contributed by atoms with Crippen molar-refractivity contribution < 1.29 is 9.90 Å². The highest BCUT2D eigenvalue weighted by Crippen LogP contribution is 2.22. The molecule has 2 atom stereocenters. The molecule has 1 heterocycles. The van der Waals surface area contributed by atoms with Gasteiger partial charge in [0.15, 0.2) is 0 Å². The third kappa shape index (κ3) is 5.35. The van der Waals surface area contributed by atoms with Crippen LogP contribution in [0.1, 0.15) is 63.2 Å². The van der Waals surface area contributed by atoms with E-state index in [2.05, 4.69) is 20.6 Å². The van der Waals surface area contributed by atoms with Gasteiger partial charge in [0.25, 0.3) is 5.91 Å². The number of nitrogens with one attached hydrogen (secondary N) is 2. The van der Waals surface area contributed by atoms with Crippen molar-refractivity contribution in [2.45, 2.75) is 70.6 Å². The van der Waals surface area contributed by atoms with Gasteiger partial charge in [-0.15, -0.1) is 0 Å². The summed E-state index contributed by atoms with van der Waals surface area (Å²) < 4.78 is 0. The average Bonchev–Trinajstić information content (AvgIpc) is 2.61. The van der Waals surface area contributed by atoms with Crippen LogP contribution in [0.25, 0.3) is 0 Å². The van der Waals surface area contributed by atoms with Crippen molar-refractivity contribution in [3.05, 3.63) is 11.8 Å². The molecule has 1 aromatic rings. The summed E-state index contributed by atoms with van der Waals surface area (Å²) >= 11 is 0. The highest BCUT2D eigenvalue weighted by Gasteiger charge is 2.21. The maximum Gasteiger partial charge on any atom is 0.254 e. The minimum absolute atomic E-state index is 0.134. The van der Waals surface area contributed by atoms with E-state index in [1.54, 1.807) is 0 Å². The molecule has 0 bridgehead atoms. The number of primary amides is 1. The van der Waals surface area contributed by atoms with E-state index < -0.39 is 5.91 Å². The van der Waals surface area contributed by atoms with E-state index in [0.717, 1.165) is 25.7 Å². The number of nitrogens with two attached hydrogens (primary N) is 1. The highest BCUT2D eigenvalue weighted by atomic mass is 16.3. The lowest BCUT2D eigenvalue weighted by Gasteiger charge is -2.24. The molecule has 1 fully saturated rings. The van der Waals surface area contributed by atoms with Gasteiger partial charge < -0.3 is 21.5 Å². The number of nitrogens with zero attached hydrogens (tertiary/aromatic N) is 2. The molecule has 23 heavy (non-hydrogen) atoms. The third-order valence-electron chi connectivity index (χ3n) is 3.78. The number of amides is 1. The first-order chi connectivity index (χ1) is 10.7. The molecule has 1 aromatic heterocycles. The monoisotopic (exact) mass is 321 g/mol. The fraction of sp³-hybridized carbons (Fsp3) is 0.688. The van der Waals surface area contributed by atoms with Crippen LogP contribution in [0.4, 0.5) is 11.8 Å². The SMILES string of the molecule is CC(C)(C)Nc1nc(N[C@H]2CCCC[C@@H](O)C2)ncc1C(N)=O. The Bertz CT molecular complexity index is 556. The molecule has 1 saturated carbocycles. The van der Waals surface area contributed by atoms with E-state index in [-0.39, 0.29) is 23.2 Å². The van der Waals surface area contributed by atoms with Crippen LogP contribution < -0.4 is 16.4 Å². The molecule has 7 heteroatoms. The minimum atomic E-state index is -0.562. The molecule has 0 spiro atoms. The Morgan fingerprint density at radius 2 is 2.04 bits per heavy atom. The zero-order valence-electron chi connectivity index (χ0n) is 14.1. The maximum atomic E-state index is 11.5. The van der Waals surface area contributed by atoms with Gasteiger partial charge in [-0.1, -0.05) is 12.8 Å². The summed E-state index contributed by atoms with van der Waals surface area (Å²) in [6.45, 7) is 5.94. The van der Waals surface area contributed by atoms with Crippen molar-refractivity contribution in [1.82, 2.24) is 9.97 Å². The molecule has 1 aliphatic carbocycles. The van der Waals surface area contributed by atoms with Gasteiger partial charge in [-0.3, -0.25) is 4.79 Å². The fourth-order valence-electron chi connectivity index (χ4n) is 2.73. The number of hydrogen-bond donors (Lipinski definition) is 4. The molecule has 128 valence electrons. The molecular weight excluding hydrogens is 294 g/mol. The first-order valence-corrected chi connectivity index (χ1v) is 8.14. The summed E-state index contributed by atoms with van der Waals surface area (Å²) in [5.41, 5.74) is 5.41. The van der Waals surface area contributed by atoms with Crippen LogP contribution in [0.3, 0.4) is 0 Å². The number of hydrogen-bond acceptors (Lipinski definition) is 6. The Labute approximate surface area is 137 Å². The quantitative estimate of drug-likeness (QED) is 0.630. The fourth-order valence-corrected chi connectivity index (χ4v) is 2.73.